The van der Waals surface area contributed by atoms with Crippen LogP contribution in [0.4, 0.5) is 5.69 Å². The lowest BCUT2D eigenvalue weighted by Crippen LogP contribution is -2.50. The van der Waals surface area contributed by atoms with Crippen molar-refractivity contribution in [1.82, 2.24) is 0 Å². The van der Waals surface area contributed by atoms with E-state index in [1.165, 1.54) is 0 Å². The van der Waals surface area contributed by atoms with E-state index >= 15 is 0 Å². The van der Waals surface area contributed by atoms with Gasteiger partial charge >= 0.3 is 5.97 Å². The summed E-state index contributed by atoms with van der Waals surface area (Å²) in [5.74, 6) is 3.24. The highest BCUT2D eigenvalue weighted by Gasteiger charge is 2.35. The first-order valence-corrected chi connectivity index (χ1v) is 6.28. The molecule has 0 saturated heterocycles. The minimum atomic E-state index is -2.17. The fourth-order valence-electron chi connectivity index (χ4n) is 1.56. The summed E-state index contributed by atoms with van der Waals surface area (Å²) in [7, 11) is 0. The van der Waals surface area contributed by atoms with E-state index in [9.17, 15) is 35.3 Å². The summed E-state index contributed by atoms with van der Waals surface area (Å²) < 4.78 is 4.70. The van der Waals surface area contributed by atoms with Crippen molar-refractivity contribution in [2.45, 2.75) is 24.4 Å². The van der Waals surface area contributed by atoms with Gasteiger partial charge in [0.05, 0.1) is 11.5 Å². The van der Waals surface area contributed by atoms with Crippen LogP contribution in [-0.2, 0) is 9.63 Å². The zero-order chi connectivity index (χ0) is 17.6. The Bertz CT molecular complexity index is 536. The summed E-state index contributed by atoms with van der Waals surface area (Å²) in [4.78, 5) is 25.5. The van der Waals surface area contributed by atoms with Crippen molar-refractivity contribution in [3.05, 3.63) is 34.4 Å². The van der Waals surface area contributed by atoms with Crippen molar-refractivity contribution in [3.8, 4) is 5.75 Å². The van der Waals surface area contributed by atoms with E-state index in [0.717, 1.165) is 24.3 Å². The van der Waals surface area contributed by atoms with E-state index in [2.05, 4.69) is 10.7 Å². The zero-order valence-electron chi connectivity index (χ0n) is 11.7. The average Bonchev–Trinajstić information content (AvgIpc) is 2.53. The molecule has 0 aliphatic heterocycles. The largest absolute Gasteiger partial charge is 0.425 e. The van der Waals surface area contributed by atoms with Crippen molar-refractivity contribution in [2.24, 2.45) is 5.90 Å². The first kappa shape index (κ1) is 18.9. The summed E-state index contributed by atoms with van der Waals surface area (Å²) in [6, 6.07) is 4.37. The molecule has 1 aromatic rings. The molecule has 128 valence electrons. The Morgan fingerprint density at radius 1 is 1.17 bits per heavy atom. The fraction of sp³-hybridized carbons (Fsp3) is 0.417. The van der Waals surface area contributed by atoms with Crippen molar-refractivity contribution in [1.29, 1.82) is 0 Å². The topological polar surface area (TPSA) is 186 Å². The molecule has 0 amide bonds. The van der Waals surface area contributed by atoms with E-state index in [1.807, 2.05) is 0 Å². The molecule has 0 heterocycles. The number of non-ortho nitro benzene ring substituents is 1. The van der Waals surface area contributed by atoms with E-state index in [0.29, 0.717) is 0 Å². The van der Waals surface area contributed by atoms with Crippen LogP contribution in [0.1, 0.15) is 0 Å². The second kappa shape index (κ2) is 8.47. The molecule has 0 spiro atoms. The molecule has 1 rings (SSSR count). The second-order valence-corrected chi connectivity index (χ2v) is 4.50. The number of nitrogens with two attached hydrogens (primary N) is 1. The lowest BCUT2D eigenvalue weighted by atomic mass is 10.0. The first-order valence-electron chi connectivity index (χ1n) is 6.28. The predicted octanol–water partition coefficient (Wildman–Crippen LogP) is -2.17. The molecular weight excluding hydrogens is 316 g/mol. The van der Waals surface area contributed by atoms with Gasteiger partial charge in [-0.2, -0.15) is 0 Å². The summed E-state index contributed by atoms with van der Waals surface area (Å²) in [6.45, 7) is -0.539. The van der Waals surface area contributed by atoms with Crippen LogP contribution in [-0.4, -0.2) is 62.3 Å². The number of aliphatic hydroxyl groups is 4. The first-order chi connectivity index (χ1) is 10.8. The number of hydrogen-bond acceptors (Lipinski definition) is 10. The van der Waals surface area contributed by atoms with Crippen molar-refractivity contribution >= 4 is 11.7 Å². The number of rotatable bonds is 8. The van der Waals surface area contributed by atoms with Gasteiger partial charge in [-0.05, 0) is 12.1 Å². The van der Waals surface area contributed by atoms with Crippen LogP contribution in [0.25, 0.3) is 0 Å². The van der Waals surface area contributed by atoms with Gasteiger partial charge in [0.2, 0.25) is 0 Å². The Labute approximate surface area is 129 Å². The zero-order valence-corrected chi connectivity index (χ0v) is 11.7. The smallest absolute Gasteiger partial charge is 0.343 e. The number of nitro groups is 1. The molecule has 0 saturated carbocycles. The molecule has 4 atom stereocenters. The van der Waals surface area contributed by atoms with Crippen molar-refractivity contribution < 1.29 is 39.7 Å². The number of aliphatic hydroxyl groups excluding tert-OH is 4. The summed E-state index contributed by atoms with van der Waals surface area (Å²) >= 11 is 0. The Morgan fingerprint density at radius 2 is 1.74 bits per heavy atom. The second-order valence-electron chi connectivity index (χ2n) is 4.50. The van der Waals surface area contributed by atoms with Crippen LogP contribution in [0, 0.1) is 10.1 Å². The third-order valence-corrected chi connectivity index (χ3v) is 2.84. The Hall–Kier alpha value is -2.15. The molecule has 4 unspecified atom stereocenters. The Morgan fingerprint density at radius 3 is 2.22 bits per heavy atom. The molecule has 1 aromatic carbocycles. The van der Waals surface area contributed by atoms with Gasteiger partial charge in [0.15, 0.2) is 6.10 Å². The minimum Gasteiger partial charge on any atom is -0.425 e. The summed E-state index contributed by atoms with van der Waals surface area (Å²) in [6.07, 6.45) is -7.80. The number of hydrogen-bond donors (Lipinski definition) is 5. The maximum Gasteiger partial charge on any atom is 0.343 e. The molecule has 0 radical (unpaired) electrons. The third kappa shape index (κ3) is 5.21. The van der Waals surface area contributed by atoms with Crippen LogP contribution < -0.4 is 10.6 Å². The van der Waals surface area contributed by atoms with Gasteiger partial charge in [-0.3, -0.25) is 10.1 Å². The van der Waals surface area contributed by atoms with Crippen LogP contribution >= 0.6 is 0 Å². The SMILES string of the molecule is NOCC(O)C(O)C(O)C(O)C(=O)Oc1ccc([N+](=O)[O-])cc1. The Kier molecular flexibility index (Phi) is 6.96. The monoisotopic (exact) mass is 332 g/mol. The maximum atomic E-state index is 11.6. The normalized spacial score (nSPS) is 16.2. The van der Waals surface area contributed by atoms with Crippen LogP contribution in [0.5, 0.6) is 5.75 Å². The molecule has 0 aliphatic rings. The number of carbonyl (C=O) groups is 1. The molecule has 0 aromatic heterocycles. The lowest BCUT2D eigenvalue weighted by molar-refractivity contribution is -0.384. The van der Waals surface area contributed by atoms with E-state index in [1.54, 1.807) is 0 Å². The molecule has 11 nitrogen and oxygen atoms in total. The lowest BCUT2D eigenvalue weighted by Gasteiger charge is -2.24. The van der Waals surface area contributed by atoms with Crippen LogP contribution in [0.2, 0.25) is 0 Å². The highest BCUT2D eigenvalue weighted by molar-refractivity contribution is 5.77. The maximum absolute atomic E-state index is 11.6. The number of carbonyl (C=O) groups excluding carboxylic acids is 1. The van der Waals surface area contributed by atoms with Gasteiger partial charge in [-0.25, -0.2) is 10.7 Å². The standard InChI is InChI=1S/C12H16N2O9/c13-22-5-8(15)9(16)10(17)11(18)12(19)23-7-3-1-6(2-4-7)14(20)21/h1-4,8-11,15-18H,5,13H2. The van der Waals surface area contributed by atoms with Crippen molar-refractivity contribution in [2.75, 3.05) is 6.61 Å². The summed E-state index contributed by atoms with van der Waals surface area (Å²) in [5, 5.41) is 48.6. The van der Waals surface area contributed by atoms with Gasteiger partial charge in [0, 0.05) is 12.1 Å². The summed E-state index contributed by atoms with van der Waals surface area (Å²) in [5.41, 5.74) is -0.231. The molecule has 6 N–H and O–H groups in total. The van der Waals surface area contributed by atoms with Crippen LogP contribution in [0.15, 0.2) is 24.3 Å². The van der Waals surface area contributed by atoms with Gasteiger partial charge < -0.3 is 30.0 Å². The minimum absolute atomic E-state index is 0.118. The fourth-order valence-corrected chi connectivity index (χ4v) is 1.56. The molecule has 0 fully saturated rings. The van der Waals surface area contributed by atoms with Gasteiger partial charge in [0.1, 0.15) is 24.1 Å². The highest BCUT2D eigenvalue weighted by atomic mass is 16.6. The molecule has 11 heteroatoms. The Balaban J connectivity index is 2.67. The van der Waals surface area contributed by atoms with Crippen molar-refractivity contribution in [3.63, 3.8) is 0 Å². The highest BCUT2D eigenvalue weighted by Crippen LogP contribution is 2.18. The third-order valence-electron chi connectivity index (χ3n) is 2.84. The van der Waals surface area contributed by atoms with Crippen LogP contribution in [0.3, 0.4) is 0 Å². The van der Waals surface area contributed by atoms with E-state index in [-0.39, 0.29) is 11.4 Å². The van der Waals surface area contributed by atoms with Gasteiger partial charge in [0.25, 0.3) is 5.69 Å². The number of benzene rings is 1. The number of esters is 1. The number of nitrogens with zero attached hydrogens (tertiary/aromatic N) is 1. The molecular formula is C12H16N2O9. The number of ether oxygens (including phenoxy) is 1. The van der Waals surface area contributed by atoms with Gasteiger partial charge in [-0.1, -0.05) is 0 Å². The quantitative estimate of drug-likeness (QED) is 0.152. The molecule has 23 heavy (non-hydrogen) atoms. The number of nitro benzene ring substituents is 1. The van der Waals surface area contributed by atoms with E-state index < -0.39 is 41.9 Å². The van der Waals surface area contributed by atoms with E-state index in [4.69, 9.17) is 4.74 Å². The molecule has 0 bridgehead atoms. The average molecular weight is 332 g/mol. The predicted molar refractivity (Wildman–Crippen MR) is 72.9 cm³/mol. The molecule has 0 aliphatic carbocycles. The van der Waals surface area contributed by atoms with Gasteiger partial charge in [-0.15, -0.1) is 0 Å².